The van der Waals surface area contributed by atoms with Crippen molar-refractivity contribution >= 4 is 15.9 Å². The fourth-order valence-corrected chi connectivity index (χ4v) is 0.665. The lowest BCUT2D eigenvalue weighted by Crippen LogP contribution is -2.55. The Hall–Kier alpha value is -0.0500. The van der Waals surface area contributed by atoms with Crippen molar-refractivity contribution in [1.82, 2.24) is 0 Å². The fourth-order valence-electron chi connectivity index (χ4n) is 0.504. The van der Waals surface area contributed by atoms with Gasteiger partial charge in [0.2, 0.25) is 0 Å². The molecule has 0 amide bonds. The molecule has 0 aliphatic rings. The van der Waals surface area contributed by atoms with E-state index < -0.39 is 24.8 Å². The lowest BCUT2D eigenvalue weighted by atomic mass is 10.3. The van der Waals surface area contributed by atoms with Crippen LogP contribution in [-0.4, -0.2) is 30.1 Å². The van der Waals surface area contributed by atoms with Crippen LogP contribution in [0.15, 0.2) is 0 Å². The van der Waals surface area contributed by atoms with Crippen molar-refractivity contribution < 1.29 is 35.5 Å². The summed E-state index contributed by atoms with van der Waals surface area (Å²) in [7, 11) is 0. The molecule has 9 heteroatoms. The maximum Gasteiger partial charge on any atom is 0.458 e. The molecule has 0 saturated carbocycles. The molecule has 0 bridgehead atoms. The molecule has 1 nitrogen and oxygen atoms in total. The summed E-state index contributed by atoms with van der Waals surface area (Å²) < 4.78 is 85.8. The summed E-state index contributed by atoms with van der Waals surface area (Å²) in [5.74, 6) is -5.60. The second kappa shape index (κ2) is 4.21. The summed E-state index contributed by atoms with van der Waals surface area (Å²) in [6.07, 6.45) is -12.3. The van der Waals surface area contributed by atoms with Gasteiger partial charge in [-0.25, -0.2) is 0 Å². The predicted octanol–water partition coefficient (Wildman–Crippen LogP) is 3.19. The molecule has 0 rings (SSSR count). The first-order valence-electron chi connectivity index (χ1n) is 3.08. The van der Waals surface area contributed by atoms with Crippen molar-refractivity contribution in [2.45, 2.75) is 18.2 Å². The van der Waals surface area contributed by atoms with Crippen LogP contribution in [0, 0.1) is 0 Å². The Kier molecular flexibility index (Phi) is 4.20. The molecule has 0 spiro atoms. The van der Waals surface area contributed by atoms with Crippen LogP contribution in [0.5, 0.6) is 0 Å². The first kappa shape index (κ1) is 13.9. The Labute approximate surface area is 82.3 Å². The van der Waals surface area contributed by atoms with Crippen molar-refractivity contribution in [2.75, 3.05) is 11.9 Å². The third kappa shape index (κ3) is 2.72. The van der Waals surface area contributed by atoms with Gasteiger partial charge >= 0.3 is 18.2 Å². The van der Waals surface area contributed by atoms with E-state index in [9.17, 15) is 30.7 Å². The molecule has 0 aromatic rings. The fraction of sp³-hybridized carbons (Fsp3) is 1.00. The Bertz CT molecular complexity index is 171. The van der Waals surface area contributed by atoms with Crippen LogP contribution >= 0.6 is 15.9 Å². The third-order valence-electron chi connectivity index (χ3n) is 1.11. The minimum absolute atomic E-state index is 0.342. The van der Waals surface area contributed by atoms with Crippen LogP contribution in [0.2, 0.25) is 0 Å². The van der Waals surface area contributed by atoms with Crippen molar-refractivity contribution in [3.63, 3.8) is 0 Å². The molecule has 0 N–H and O–H groups in total. The Morgan fingerprint density at radius 3 is 1.43 bits per heavy atom. The van der Waals surface area contributed by atoms with Crippen LogP contribution in [-0.2, 0) is 4.74 Å². The Balaban J connectivity index is 4.87. The monoisotopic (exact) mass is 292 g/mol. The van der Waals surface area contributed by atoms with Gasteiger partial charge in [-0.05, 0) is 0 Å². The molecule has 0 aromatic carbocycles. The third-order valence-corrected chi connectivity index (χ3v) is 1.43. The molecule has 0 aliphatic carbocycles. The largest absolute Gasteiger partial charge is 0.458 e. The molecule has 86 valence electrons. The van der Waals surface area contributed by atoms with E-state index in [0.29, 0.717) is 0 Å². The first-order valence-corrected chi connectivity index (χ1v) is 4.20. The standard InChI is InChI=1S/C5H4BrF7O/c6-1-2-14-3(7,4(8,9)10)5(11,12)13/h1-2H2. The van der Waals surface area contributed by atoms with E-state index in [4.69, 9.17) is 0 Å². The van der Waals surface area contributed by atoms with E-state index in [1.165, 1.54) is 0 Å². The molecule has 0 aliphatic heterocycles. The summed E-state index contributed by atoms with van der Waals surface area (Å²) in [5.41, 5.74) is 0. The van der Waals surface area contributed by atoms with E-state index in [0.717, 1.165) is 0 Å². The molecule has 0 atom stereocenters. The molecule has 0 fully saturated rings. The van der Waals surface area contributed by atoms with E-state index >= 15 is 0 Å². The second-order valence-corrected chi connectivity index (χ2v) is 2.92. The maximum atomic E-state index is 12.5. The normalized spacial score (nSPS) is 14.6. The lowest BCUT2D eigenvalue weighted by Gasteiger charge is -2.29. The zero-order chi connectivity index (χ0) is 11.6. The van der Waals surface area contributed by atoms with Gasteiger partial charge in [-0.2, -0.15) is 30.7 Å². The quantitative estimate of drug-likeness (QED) is 0.573. The van der Waals surface area contributed by atoms with Crippen LogP contribution in [0.3, 0.4) is 0 Å². The smallest absolute Gasteiger partial charge is 0.331 e. The topological polar surface area (TPSA) is 9.23 Å². The van der Waals surface area contributed by atoms with Gasteiger partial charge in [-0.1, -0.05) is 15.9 Å². The molecule has 0 radical (unpaired) electrons. The Morgan fingerprint density at radius 1 is 0.857 bits per heavy atom. The summed E-state index contributed by atoms with van der Waals surface area (Å²) in [4.78, 5) is 0. The van der Waals surface area contributed by atoms with Crippen molar-refractivity contribution in [3.05, 3.63) is 0 Å². The number of hydrogen-bond acceptors (Lipinski definition) is 1. The molecule has 0 heterocycles. The van der Waals surface area contributed by atoms with Crippen LogP contribution in [0.1, 0.15) is 0 Å². The summed E-state index contributed by atoms with van der Waals surface area (Å²) in [5, 5.41) is -0.342. The lowest BCUT2D eigenvalue weighted by molar-refractivity contribution is -0.428. The van der Waals surface area contributed by atoms with Crippen LogP contribution in [0.4, 0.5) is 30.7 Å². The summed E-state index contributed by atoms with van der Waals surface area (Å²) >= 11 is 2.51. The minimum Gasteiger partial charge on any atom is -0.331 e. The zero-order valence-corrected chi connectivity index (χ0v) is 7.93. The van der Waals surface area contributed by atoms with Crippen molar-refractivity contribution in [3.8, 4) is 0 Å². The van der Waals surface area contributed by atoms with E-state index in [-0.39, 0.29) is 5.33 Å². The number of halogens is 8. The van der Waals surface area contributed by atoms with Crippen LogP contribution < -0.4 is 0 Å². The zero-order valence-electron chi connectivity index (χ0n) is 6.35. The summed E-state index contributed by atoms with van der Waals surface area (Å²) in [6, 6.07) is 0. The van der Waals surface area contributed by atoms with E-state index in [1.807, 2.05) is 0 Å². The first-order chi connectivity index (χ1) is 6.06. The molecular formula is C5H4BrF7O. The number of ether oxygens (including phenoxy) is 1. The number of rotatable bonds is 3. The molecule has 14 heavy (non-hydrogen) atoms. The average molecular weight is 293 g/mol. The minimum atomic E-state index is -6.15. The van der Waals surface area contributed by atoms with Gasteiger partial charge in [0.05, 0.1) is 6.61 Å². The molecule has 0 saturated heterocycles. The molecule has 0 unspecified atom stereocenters. The number of alkyl halides is 8. The highest BCUT2D eigenvalue weighted by atomic mass is 79.9. The van der Waals surface area contributed by atoms with E-state index in [1.54, 1.807) is 0 Å². The Morgan fingerprint density at radius 2 is 1.21 bits per heavy atom. The maximum absolute atomic E-state index is 12.5. The van der Waals surface area contributed by atoms with Crippen LogP contribution in [0.25, 0.3) is 0 Å². The highest BCUT2D eigenvalue weighted by Gasteiger charge is 2.74. The van der Waals surface area contributed by atoms with Gasteiger partial charge in [0, 0.05) is 5.33 Å². The van der Waals surface area contributed by atoms with Crippen molar-refractivity contribution in [1.29, 1.82) is 0 Å². The predicted molar refractivity (Wildman–Crippen MR) is 35.7 cm³/mol. The highest BCUT2D eigenvalue weighted by molar-refractivity contribution is 9.09. The molecule has 0 aromatic heterocycles. The van der Waals surface area contributed by atoms with Crippen molar-refractivity contribution in [2.24, 2.45) is 0 Å². The molecular weight excluding hydrogens is 289 g/mol. The second-order valence-electron chi connectivity index (χ2n) is 2.13. The highest BCUT2D eigenvalue weighted by Crippen LogP contribution is 2.46. The van der Waals surface area contributed by atoms with Gasteiger partial charge in [-0.3, -0.25) is 0 Å². The van der Waals surface area contributed by atoms with Gasteiger partial charge in [0.1, 0.15) is 0 Å². The van der Waals surface area contributed by atoms with Gasteiger partial charge < -0.3 is 4.74 Å². The number of hydrogen-bond donors (Lipinski definition) is 0. The van der Waals surface area contributed by atoms with Gasteiger partial charge in [-0.15, -0.1) is 0 Å². The average Bonchev–Trinajstić information content (AvgIpc) is 1.95. The summed E-state index contributed by atoms with van der Waals surface area (Å²) in [6.45, 7) is -1.05. The van der Waals surface area contributed by atoms with Gasteiger partial charge in [0.25, 0.3) is 0 Å². The van der Waals surface area contributed by atoms with Gasteiger partial charge in [0.15, 0.2) is 0 Å². The van der Waals surface area contributed by atoms with E-state index in [2.05, 4.69) is 20.7 Å². The SMILES string of the molecule is FC(F)(F)C(F)(OCCBr)C(F)(F)F.